The van der Waals surface area contributed by atoms with Crippen LogP contribution in [0, 0.1) is 6.92 Å². The van der Waals surface area contributed by atoms with Crippen LogP contribution in [0.3, 0.4) is 0 Å². The summed E-state index contributed by atoms with van der Waals surface area (Å²) in [6.45, 7) is 1.89. The summed E-state index contributed by atoms with van der Waals surface area (Å²) >= 11 is 0. The van der Waals surface area contributed by atoms with E-state index in [2.05, 4.69) is 4.98 Å². The van der Waals surface area contributed by atoms with Gasteiger partial charge in [0.2, 0.25) is 0 Å². The van der Waals surface area contributed by atoms with Crippen LogP contribution in [0.1, 0.15) is 21.5 Å². The highest BCUT2D eigenvalue weighted by molar-refractivity contribution is 6.19. The number of rotatable bonds is 3. The van der Waals surface area contributed by atoms with E-state index < -0.39 is 0 Å². The van der Waals surface area contributed by atoms with Crippen molar-refractivity contribution in [1.82, 2.24) is 4.98 Å². The highest BCUT2D eigenvalue weighted by Crippen LogP contribution is 2.31. The fourth-order valence-corrected chi connectivity index (χ4v) is 2.52. The van der Waals surface area contributed by atoms with Crippen molar-refractivity contribution in [3.05, 3.63) is 59.3 Å². The molecule has 21 heavy (non-hydrogen) atoms. The minimum absolute atomic E-state index is 0.105. The SMILES string of the molecule is COc1cccc2[nH]cc(C(=O)c3cccc(C)c3N)c12. The zero-order valence-corrected chi connectivity index (χ0v) is 11.9. The molecule has 3 aromatic rings. The summed E-state index contributed by atoms with van der Waals surface area (Å²) in [4.78, 5) is 15.9. The van der Waals surface area contributed by atoms with Gasteiger partial charge in [-0.15, -0.1) is 0 Å². The van der Waals surface area contributed by atoms with Gasteiger partial charge < -0.3 is 15.5 Å². The van der Waals surface area contributed by atoms with E-state index in [1.54, 1.807) is 19.4 Å². The second-order valence-electron chi connectivity index (χ2n) is 4.95. The van der Waals surface area contributed by atoms with Gasteiger partial charge in [-0.2, -0.15) is 0 Å². The van der Waals surface area contributed by atoms with E-state index in [1.165, 1.54) is 0 Å². The first-order valence-corrected chi connectivity index (χ1v) is 6.67. The van der Waals surface area contributed by atoms with Gasteiger partial charge in [0.15, 0.2) is 5.78 Å². The maximum absolute atomic E-state index is 12.8. The second kappa shape index (κ2) is 4.98. The smallest absolute Gasteiger partial charge is 0.197 e. The van der Waals surface area contributed by atoms with Gasteiger partial charge in [-0.05, 0) is 30.7 Å². The Bertz CT molecular complexity index is 834. The van der Waals surface area contributed by atoms with Crippen molar-refractivity contribution in [2.75, 3.05) is 12.8 Å². The van der Waals surface area contributed by atoms with Crippen LogP contribution in [0.2, 0.25) is 0 Å². The van der Waals surface area contributed by atoms with Gasteiger partial charge in [0, 0.05) is 23.0 Å². The summed E-state index contributed by atoms with van der Waals surface area (Å²) in [6, 6.07) is 11.1. The lowest BCUT2D eigenvalue weighted by Gasteiger charge is -2.08. The Balaban J connectivity index is 2.21. The molecule has 0 unspecified atom stereocenters. The molecular weight excluding hydrogens is 264 g/mol. The maximum atomic E-state index is 12.8. The van der Waals surface area contributed by atoms with Gasteiger partial charge in [-0.1, -0.05) is 18.2 Å². The van der Waals surface area contributed by atoms with Crippen molar-refractivity contribution in [2.24, 2.45) is 0 Å². The number of nitrogens with two attached hydrogens (primary N) is 1. The molecule has 0 radical (unpaired) electrons. The molecule has 1 heterocycles. The van der Waals surface area contributed by atoms with E-state index in [0.29, 0.717) is 22.6 Å². The molecule has 0 aliphatic heterocycles. The number of anilines is 1. The standard InChI is InChI=1S/C17H16N2O2/c1-10-5-3-6-11(16(10)18)17(20)12-9-19-13-7-4-8-14(21-2)15(12)13/h3-9,19H,18H2,1-2H3. The molecule has 2 aromatic carbocycles. The Morgan fingerprint density at radius 2 is 1.90 bits per heavy atom. The van der Waals surface area contributed by atoms with Gasteiger partial charge in [-0.25, -0.2) is 0 Å². The Morgan fingerprint density at radius 1 is 1.14 bits per heavy atom. The van der Waals surface area contributed by atoms with Crippen LogP contribution in [0.25, 0.3) is 10.9 Å². The molecule has 0 spiro atoms. The summed E-state index contributed by atoms with van der Waals surface area (Å²) in [5, 5.41) is 0.783. The number of hydrogen-bond donors (Lipinski definition) is 2. The third kappa shape index (κ3) is 2.05. The number of aromatic amines is 1. The van der Waals surface area contributed by atoms with E-state index in [0.717, 1.165) is 16.5 Å². The fraction of sp³-hybridized carbons (Fsp3) is 0.118. The first-order chi connectivity index (χ1) is 10.1. The number of aryl methyl sites for hydroxylation is 1. The van der Waals surface area contributed by atoms with E-state index in [-0.39, 0.29) is 5.78 Å². The van der Waals surface area contributed by atoms with Gasteiger partial charge in [0.25, 0.3) is 0 Å². The number of benzene rings is 2. The number of nitrogen functional groups attached to an aromatic ring is 1. The Kier molecular flexibility index (Phi) is 3.14. The molecule has 0 fully saturated rings. The van der Waals surface area contributed by atoms with Crippen LogP contribution < -0.4 is 10.5 Å². The number of H-pyrrole nitrogens is 1. The Morgan fingerprint density at radius 3 is 2.67 bits per heavy atom. The summed E-state index contributed by atoms with van der Waals surface area (Å²) in [5.74, 6) is 0.565. The van der Waals surface area contributed by atoms with Gasteiger partial charge in [-0.3, -0.25) is 4.79 Å². The van der Waals surface area contributed by atoms with Crippen molar-refractivity contribution in [1.29, 1.82) is 0 Å². The minimum atomic E-state index is -0.105. The van der Waals surface area contributed by atoms with Crippen molar-refractivity contribution >= 4 is 22.4 Å². The van der Waals surface area contributed by atoms with Crippen LogP contribution in [0.4, 0.5) is 5.69 Å². The first-order valence-electron chi connectivity index (χ1n) is 6.67. The molecule has 0 aliphatic carbocycles. The molecule has 0 saturated carbocycles. The molecule has 4 nitrogen and oxygen atoms in total. The van der Waals surface area contributed by atoms with Crippen LogP contribution in [-0.2, 0) is 0 Å². The minimum Gasteiger partial charge on any atom is -0.496 e. The topological polar surface area (TPSA) is 68.1 Å². The number of carbonyl (C=O) groups excluding carboxylic acids is 1. The van der Waals surface area contributed by atoms with Gasteiger partial charge in [0.1, 0.15) is 5.75 Å². The lowest BCUT2D eigenvalue weighted by molar-refractivity contribution is 0.104. The average molecular weight is 280 g/mol. The summed E-state index contributed by atoms with van der Waals surface area (Å²) in [6.07, 6.45) is 1.71. The molecule has 0 saturated heterocycles. The van der Waals surface area contributed by atoms with Crippen LogP contribution >= 0.6 is 0 Å². The average Bonchev–Trinajstić information content (AvgIpc) is 2.93. The lowest BCUT2D eigenvalue weighted by atomic mass is 9.99. The molecule has 3 rings (SSSR count). The molecule has 1 aromatic heterocycles. The normalized spacial score (nSPS) is 10.8. The first kappa shape index (κ1) is 13.2. The van der Waals surface area contributed by atoms with Crippen molar-refractivity contribution < 1.29 is 9.53 Å². The molecule has 106 valence electrons. The Labute approximate surface area is 122 Å². The molecule has 0 atom stereocenters. The summed E-state index contributed by atoms with van der Waals surface area (Å²) in [7, 11) is 1.59. The van der Waals surface area contributed by atoms with Crippen LogP contribution in [-0.4, -0.2) is 17.9 Å². The molecule has 0 aliphatic rings. The van der Waals surface area contributed by atoms with Gasteiger partial charge in [0.05, 0.1) is 18.1 Å². The molecule has 3 N–H and O–H groups in total. The fourth-order valence-electron chi connectivity index (χ4n) is 2.52. The lowest BCUT2D eigenvalue weighted by Crippen LogP contribution is -2.06. The van der Waals surface area contributed by atoms with E-state index >= 15 is 0 Å². The summed E-state index contributed by atoms with van der Waals surface area (Å²) < 4.78 is 5.36. The maximum Gasteiger partial charge on any atom is 0.197 e. The van der Waals surface area contributed by atoms with E-state index in [4.69, 9.17) is 10.5 Å². The number of ether oxygens (including phenoxy) is 1. The number of methoxy groups -OCH3 is 1. The summed E-state index contributed by atoms with van der Waals surface area (Å²) in [5.41, 5.74) is 9.41. The predicted octanol–water partition coefficient (Wildman–Crippen LogP) is 3.30. The van der Waals surface area contributed by atoms with Gasteiger partial charge >= 0.3 is 0 Å². The number of carbonyl (C=O) groups is 1. The third-order valence-corrected chi connectivity index (χ3v) is 3.70. The molecular formula is C17H16N2O2. The van der Waals surface area contributed by atoms with Crippen molar-refractivity contribution in [3.63, 3.8) is 0 Å². The number of hydrogen-bond acceptors (Lipinski definition) is 3. The molecule has 4 heteroatoms. The highest BCUT2D eigenvalue weighted by Gasteiger charge is 2.19. The second-order valence-corrected chi connectivity index (χ2v) is 4.95. The number of nitrogens with one attached hydrogen (secondary N) is 1. The largest absolute Gasteiger partial charge is 0.496 e. The highest BCUT2D eigenvalue weighted by atomic mass is 16.5. The van der Waals surface area contributed by atoms with Crippen LogP contribution in [0.5, 0.6) is 5.75 Å². The zero-order valence-electron chi connectivity index (χ0n) is 11.9. The monoisotopic (exact) mass is 280 g/mol. The Hall–Kier alpha value is -2.75. The number of para-hydroxylation sites is 1. The van der Waals surface area contributed by atoms with E-state index in [1.807, 2.05) is 37.3 Å². The predicted molar refractivity (Wildman–Crippen MR) is 83.9 cm³/mol. The number of ketones is 1. The van der Waals surface area contributed by atoms with Crippen molar-refractivity contribution in [2.45, 2.75) is 6.92 Å². The molecule has 0 amide bonds. The van der Waals surface area contributed by atoms with Crippen molar-refractivity contribution in [3.8, 4) is 5.75 Å². The number of fused-ring (bicyclic) bond motifs is 1. The zero-order chi connectivity index (χ0) is 15.0. The quantitative estimate of drug-likeness (QED) is 0.571. The van der Waals surface area contributed by atoms with E-state index in [9.17, 15) is 4.79 Å². The number of aromatic nitrogens is 1. The van der Waals surface area contributed by atoms with Crippen LogP contribution in [0.15, 0.2) is 42.6 Å². The third-order valence-electron chi connectivity index (χ3n) is 3.70. The molecule has 0 bridgehead atoms.